The lowest BCUT2D eigenvalue weighted by molar-refractivity contribution is -0.149. The molecule has 4 rings (SSSR count). The zero-order chi connectivity index (χ0) is 16.7. The molecule has 0 spiro atoms. The van der Waals surface area contributed by atoms with Crippen LogP contribution in [0.25, 0.3) is 11.3 Å². The zero-order valence-electron chi connectivity index (χ0n) is 13.2. The van der Waals surface area contributed by atoms with Gasteiger partial charge in [-0.25, -0.2) is 4.98 Å². The number of nitrogens with zero attached hydrogens (tertiary/aromatic N) is 2. The molecule has 1 aliphatic heterocycles. The van der Waals surface area contributed by atoms with Gasteiger partial charge in [0.15, 0.2) is 5.76 Å². The van der Waals surface area contributed by atoms with E-state index < -0.39 is 11.4 Å². The van der Waals surface area contributed by atoms with Gasteiger partial charge in [-0.05, 0) is 30.9 Å². The SMILES string of the molecule is O=C(O)[C@@]12CCC[C@H]1CN(Cc1ncc(-c3ccc(Br)cc3)o1)C2. The van der Waals surface area contributed by atoms with E-state index in [0.717, 1.165) is 41.6 Å². The number of hydrogen-bond donors (Lipinski definition) is 1. The fraction of sp³-hybridized carbons (Fsp3) is 0.444. The second kappa shape index (κ2) is 6.01. The highest BCUT2D eigenvalue weighted by Gasteiger charge is 2.54. The topological polar surface area (TPSA) is 66.6 Å². The minimum absolute atomic E-state index is 0.260. The molecule has 5 nitrogen and oxygen atoms in total. The smallest absolute Gasteiger partial charge is 0.311 e. The molecule has 2 fully saturated rings. The number of likely N-dealkylation sites (tertiary alicyclic amines) is 1. The van der Waals surface area contributed by atoms with Gasteiger partial charge in [-0.3, -0.25) is 9.69 Å². The van der Waals surface area contributed by atoms with Gasteiger partial charge in [0.2, 0.25) is 5.89 Å². The van der Waals surface area contributed by atoms with Crippen LogP contribution in [-0.2, 0) is 11.3 Å². The zero-order valence-corrected chi connectivity index (χ0v) is 14.8. The van der Waals surface area contributed by atoms with E-state index in [1.807, 2.05) is 24.3 Å². The maximum Gasteiger partial charge on any atom is 0.311 e. The molecule has 6 heteroatoms. The highest BCUT2D eigenvalue weighted by molar-refractivity contribution is 9.10. The van der Waals surface area contributed by atoms with E-state index in [4.69, 9.17) is 4.42 Å². The van der Waals surface area contributed by atoms with Gasteiger partial charge in [0, 0.05) is 23.1 Å². The van der Waals surface area contributed by atoms with Crippen molar-refractivity contribution in [1.82, 2.24) is 9.88 Å². The molecule has 24 heavy (non-hydrogen) atoms. The molecule has 0 radical (unpaired) electrons. The largest absolute Gasteiger partial charge is 0.481 e. The highest BCUT2D eigenvalue weighted by Crippen LogP contribution is 2.49. The summed E-state index contributed by atoms with van der Waals surface area (Å²) < 4.78 is 6.89. The second-order valence-corrected chi connectivity index (χ2v) is 7.76. The fourth-order valence-electron chi connectivity index (χ4n) is 4.19. The van der Waals surface area contributed by atoms with Gasteiger partial charge in [-0.1, -0.05) is 34.5 Å². The van der Waals surface area contributed by atoms with Crippen LogP contribution in [0.15, 0.2) is 39.4 Å². The summed E-state index contributed by atoms with van der Waals surface area (Å²) in [6.07, 6.45) is 4.57. The Balaban J connectivity index is 1.47. The Kier molecular flexibility index (Phi) is 3.96. The predicted octanol–water partition coefficient (Wildman–Crippen LogP) is 3.79. The number of carboxylic acids is 1. The van der Waals surface area contributed by atoms with Crippen molar-refractivity contribution in [1.29, 1.82) is 0 Å². The molecule has 1 aromatic heterocycles. The molecule has 2 atom stereocenters. The molecular formula is C18H19BrN2O3. The lowest BCUT2D eigenvalue weighted by Crippen LogP contribution is -2.35. The number of aliphatic carboxylic acids is 1. The van der Waals surface area contributed by atoms with Crippen molar-refractivity contribution < 1.29 is 14.3 Å². The third kappa shape index (κ3) is 2.67. The summed E-state index contributed by atoms with van der Waals surface area (Å²) >= 11 is 3.42. The maximum atomic E-state index is 11.8. The van der Waals surface area contributed by atoms with Crippen LogP contribution in [0.5, 0.6) is 0 Å². The standard InChI is InChI=1S/C18H19BrN2O3/c19-14-5-3-12(4-6-14)15-8-20-16(24-15)10-21-9-13-2-1-7-18(13,11-21)17(22)23/h3-6,8,13H,1-2,7,9-11H2,(H,22,23)/t13-,18+/m0/s1. The van der Waals surface area contributed by atoms with E-state index in [1.165, 1.54) is 0 Å². The van der Waals surface area contributed by atoms with Crippen LogP contribution in [0.2, 0.25) is 0 Å². The fourth-order valence-corrected chi connectivity index (χ4v) is 4.45. The van der Waals surface area contributed by atoms with Crippen LogP contribution in [0.4, 0.5) is 0 Å². The number of carbonyl (C=O) groups is 1. The molecule has 126 valence electrons. The molecule has 2 aromatic rings. The van der Waals surface area contributed by atoms with Crippen molar-refractivity contribution in [3.63, 3.8) is 0 Å². The third-order valence-electron chi connectivity index (χ3n) is 5.41. The van der Waals surface area contributed by atoms with Crippen LogP contribution < -0.4 is 0 Å². The lowest BCUT2D eigenvalue weighted by Gasteiger charge is -2.23. The number of oxazole rings is 1. The number of benzene rings is 1. The molecule has 2 heterocycles. The van der Waals surface area contributed by atoms with E-state index in [0.29, 0.717) is 19.0 Å². The summed E-state index contributed by atoms with van der Waals surface area (Å²) in [6, 6.07) is 7.90. The average molecular weight is 391 g/mol. The first kappa shape index (κ1) is 15.8. The monoisotopic (exact) mass is 390 g/mol. The molecule has 1 saturated carbocycles. The summed E-state index contributed by atoms with van der Waals surface area (Å²) in [4.78, 5) is 18.3. The van der Waals surface area contributed by atoms with E-state index in [-0.39, 0.29) is 5.92 Å². The molecule has 1 aromatic carbocycles. The summed E-state index contributed by atoms with van der Waals surface area (Å²) in [6.45, 7) is 1.99. The summed E-state index contributed by atoms with van der Waals surface area (Å²) in [5.41, 5.74) is 0.429. The molecule has 1 saturated heterocycles. The number of hydrogen-bond acceptors (Lipinski definition) is 4. The first-order chi connectivity index (χ1) is 11.6. The molecule has 1 aliphatic carbocycles. The first-order valence-electron chi connectivity index (χ1n) is 8.23. The van der Waals surface area contributed by atoms with Crippen molar-refractivity contribution in [3.8, 4) is 11.3 Å². The van der Waals surface area contributed by atoms with Gasteiger partial charge in [0.1, 0.15) is 0 Å². The van der Waals surface area contributed by atoms with Gasteiger partial charge in [0.25, 0.3) is 0 Å². The van der Waals surface area contributed by atoms with Crippen molar-refractivity contribution in [3.05, 3.63) is 40.8 Å². The minimum Gasteiger partial charge on any atom is -0.481 e. The second-order valence-electron chi connectivity index (χ2n) is 6.85. The highest BCUT2D eigenvalue weighted by atomic mass is 79.9. The number of halogens is 1. The summed E-state index contributed by atoms with van der Waals surface area (Å²) in [5, 5.41) is 9.66. The Hall–Kier alpha value is -1.66. The predicted molar refractivity (Wildman–Crippen MR) is 92.3 cm³/mol. The Morgan fingerprint density at radius 1 is 1.42 bits per heavy atom. The van der Waals surface area contributed by atoms with Gasteiger partial charge in [-0.15, -0.1) is 0 Å². The first-order valence-corrected chi connectivity index (χ1v) is 9.02. The lowest BCUT2D eigenvalue weighted by atomic mass is 9.81. The molecule has 0 bridgehead atoms. The minimum atomic E-state index is -0.643. The average Bonchev–Trinajstić information content (AvgIpc) is 3.22. The molecule has 2 aliphatic rings. The van der Waals surface area contributed by atoms with Crippen LogP contribution in [0, 0.1) is 11.3 Å². The van der Waals surface area contributed by atoms with Gasteiger partial charge in [0.05, 0.1) is 18.2 Å². The van der Waals surface area contributed by atoms with Crippen LogP contribution in [0.1, 0.15) is 25.2 Å². The van der Waals surface area contributed by atoms with Crippen molar-refractivity contribution in [2.24, 2.45) is 11.3 Å². The molecule has 1 N–H and O–H groups in total. The summed E-state index contributed by atoms with van der Waals surface area (Å²) in [5.74, 6) is 1.00. The molecule has 0 unspecified atom stereocenters. The van der Waals surface area contributed by atoms with E-state index in [2.05, 4.69) is 25.8 Å². The summed E-state index contributed by atoms with van der Waals surface area (Å²) in [7, 11) is 0. The van der Waals surface area contributed by atoms with Gasteiger partial charge in [-0.2, -0.15) is 0 Å². The van der Waals surface area contributed by atoms with Gasteiger partial charge < -0.3 is 9.52 Å². The number of rotatable bonds is 4. The number of fused-ring (bicyclic) bond motifs is 1. The van der Waals surface area contributed by atoms with Crippen LogP contribution in [-0.4, -0.2) is 34.0 Å². The van der Waals surface area contributed by atoms with Crippen molar-refractivity contribution in [2.45, 2.75) is 25.8 Å². The quantitative estimate of drug-likeness (QED) is 0.859. The van der Waals surface area contributed by atoms with Crippen molar-refractivity contribution >= 4 is 21.9 Å². The Morgan fingerprint density at radius 3 is 2.92 bits per heavy atom. The van der Waals surface area contributed by atoms with E-state index in [1.54, 1.807) is 6.20 Å². The van der Waals surface area contributed by atoms with E-state index in [9.17, 15) is 9.90 Å². The normalized spacial score (nSPS) is 26.6. The Labute approximate surface area is 148 Å². The van der Waals surface area contributed by atoms with Crippen LogP contribution in [0.3, 0.4) is 0 Å². The third-order valence-corrected chi connectivity index (χ3v) is 5.94. The maximum absolute atomic E-state index is 11.8. The molecular weight excluding hydrogens is 372 g/mol. The van der Waals surface area contributed by atoms with E-state index >= 15 is 0 Å². The Morgan fingerprint density at radius 2 is 2.21 bits per heavy atom. The molecule has 0 amide bonds. The van der Waals surface area contributed by atoms with Crippen molar-refractivity contribution in [2.75, 3.05) is 13.1 Å². The van der Waals surface area contributed by atoms with Gasteiger partial charge >= 0.3 is 5.97 Å². The number of carboxylic acid groups (broad SMARTS) is 1. The Bertz CT molecular complexity index is 758. The number of aromatic nitrogens is 1. The van der Waals surface area contributed by atoms with Crippen LogP contribution >= 0.6 is 15.9 Å².